The predicted molar refractivity (Wildman–Crippen MR) is 613 cm³/mol. The van der Waals surface area contributed by atoms with Crippen molar-refractivity contribution in [2.45, 2.75) is 309 Å². The van der Waals surface area contributed by atoms with Crippen molar-refractivity contribution in [3.8, 4) is 0 Å². The summed E-state index contributed by atoms with van der Waals surface area (Å²) in [6.07, 6.45) is 122. The molecule has 0 nitrogen and oxygen atoms in total. The molecule has 0 N–H and O–H groups in total. The number of fused-ring (bicyclic) bond motifs is 12. The van der Waals surface area contributed by atoms with Crippen LogP contribution in [-0.2, 0) is 83.4 Å². The summed E-state index contributed by atoms with van der Waals surface area (Å²) in [5.41, 5.74) is 11.9. The molecule has 0 heterocycles. The van der Waals surface area contributed by atoms with Gasteiger partial charge in [0.1, 0.15) is 0 Å². The number of allylic oxidation sites excluding steroid dienone is 36. The monoisotopic (exact) mass is 2360 g/mol. The van der Waals surface area contributed by atoms with Crippen LogP contribution in [0.25, 0.3) is 0 Å². The average Bonchev–Trinajstić information content (AvgIpc) is 1.52. The molecular weight excluding hydrogens is 2180 g/mol. The van der Waals surface area contributed by atoms with Crippen molar-refractivity contribution in [3.63, 3.8) is 0 Å². The fourth-order valence-corrected chi connectivity index (χ4v) is 43.9. The maximum atomic E-state index is 4.93. The van der Waals surface area contributed by atoms with Crippen LogP contribution in [0, 0.1) is 217 Å². The fourth-order valence-electron chi connectivity index (χ4n) is 31.4. The van der Waals surface area contributed by atoms with E-state index >= 15 is 0 Å². The van der Waals surface area contributed by atoms with Crippen LogP contribution in [0.3, 0.4) is 0 Å². The number of rotatable bonds is 20. The predicted octanol–water partition coefficient (Wildman–Crippen LogP) is 42.5. The summed E-state index contributed by atoms with van der Waals surface area (Å²) in [7, 11) is 36.6. The first-order chi connectivity index (χ1) is 62.0. The molecule has 0 saturated heterocycles. The molecule has 0 aliphatic heterocycles. The Morgan fingerprint density at radius 2 is 0.569 bits per heavy atom. The van der Waals surface area contributed by atoms with Gasteiger partial charge in [-0.1, -0.05) is 390 Å². The Morgan fingerprint density at radius 1 is 0.314 bits per heavy atom. The Hall–Kier alpha value is 1.09. The summed E-state index contributed by atoms with van der Waals surface area (Å²) in [6, 6.07) is 2.89. The molecule has 18 aliphatic rings. The molecular formula is C123H190Cl8Si2Zr4. The van der Waals surface area contributed by atoms with Crippen molar-refractivity contribution in [2.24, 2.45) is 157 Å². The molecule has 0 radical (unpaired) electrons. The van der Waals surface area contributed by atoms with Crippen molar-refractivity contribution in [1.82, 2.24) is 0 Å². The van der Waals surface area contributed by atoms with Crippen LogP contribution in [0.5, 0.6) is 0 Å². The van der Waals surface area contributed by atoms with Crippen molar-refractivity contribution in [2.75, 3.05) is 0 Å². The molecule has 18 rings (SSSR count). The van der Waals surface area contributed by atoms with Gasteiger partial charge in [0.05, 0.1) is 16.1 Å². The van der Waals surface area contributed by atoms with Gasteiger partial charge in [-0.2, -0.15) is 0 Å². The fraction of sp³-hybridized carbons (Fsp3) is 0.610. The van der Waals surface area contributed by atoms with Gasteiger partial charge < -0.3 is 59.4 Å². The summed E-state index contributed by atoms with van der Waals surface area (Å²) in [5, 5.41) is 0. The van der Waals surface area contributed by atoms with Gasteiger partial charge in [0, 0.05) is 0 Å². The van der Waals surface area contributed by atoms with Crippen LogP contribution in [0.1, 0.15) is 262 Å². The van der Waals surface area contributed by atoms with E-state index in [1.54, 1.807) is 16.7 Å². The first-order valence-corrected chi connectivity index (χ1v) is 82.4. The topological polar surface area (TPSA) is 0 Å². The number of hydrogen-bond donors (Lipinski definition) is 0. The molecule has 0 amide bonds. The van der Waals surface area contributed by atoms with Crippen LogP contribution in [0.4, 0.5) is 0 Å². The second kappa shape index (κ2) is 62.8. The Bertz CT molecular complexity index is 3990. The van der Waals surface area contributed by atoms with Gasteiger partial charge in [0.2, 0.25) is 0 Å². The van der Waals surface area contributed by atoms with E-state index in [-0.39, 0.29) is 75.7 Å². The molecule has 18 aliphatic carbocycles. The third-order valence-electron chi connectivity index (χ3n) is 37.0. The molecule has 0 aromatic rings. The first-order valence-electron chi connectivity index (χ1n) is 51.3. The molecule has 0 spiro atoms. The third kappa shape index (κ3) is 31.7. The molecule has 0 aromatic heterocycles. The summed E-state index contributed by atoms with van der Waals surface area (Å²) < 4.78 is 0. The van der Waals surface area contributed by atoms with Crippen LogP contribution < -0.4 is 0 Å². The molecule has 762 valence electrons. The van der Waals surface area contributed by atoms with Gasteiger partial charge in [-0.3, -0.25) is 0 Å². The first kappa shape index (κ1) is 132. The minimum absolute atomic E-state index is 0. The molecule has 10 fully saturated rings. The minimum atomic E-state index is -1.47. The summed E-state index contributed by atoms with van der Waals surface area (Å²) in [5.74, 6) is 17.1. The molecule has 14 heteroatoms. The van der Waals surface area contributed by atoms with Crippen molar-refractivity contribution >= 4 is 84.3 Å². The SMILES string of the molecule is C=CCCC1CCC(C2(C3C4C=C(C(C)(C)C)C=CC4C4C=CC(C(C)(C)C)=CC43)CCCCC2)C1.C=CCCC1CCC(C2(C3C4C=CC=CC4C4C=CC=CC43)CCCCC2)C1.C=CCC[Si](C)(C1CCCC1)C1C2C=C(C)C=CC2C2C=CC(C(C)(C)C)=CC21.C=CCC[Si](C)(C1CCCC1)C1C2C=CC=CC2C2C=CC=CC21.[CH3-].[CH3-].[CH3-].[CH3-].[CH3-].[CH3-].[CH3-].[CH3-].[Cl][Zr+2][Cl].[Cl][Zr+2][Cl].[Cl][Zr+2][Cl].[Cl][Zr+2][Cl]. The zero-order chi connectivity index (χ0) is 92.9. The van der Waals surface area contributed by atoms with E-state index in [4.69, 9.17) is 68.1 Å². The van der Waals surface area contributed by atoms with Gasteiger partial charge >= 0.3 is 151 Å². The van der Waals surface area contributed by atoms with Gasteiger partial charge in [-0.15, -0.1) is 26.3 Å². The molecule has 0 aromatic carbocycles. The van der Waals surface area contributed by atoms with E-state index in [9.17, 15) is 0 Å². The maximum absolute atomic E-state index is 4.93. The second-order valence-electron chi connectivity index (χ2n) is 46.4. The van der Waals surface area contributed by atoms with Crippen LogP contribution in [-0.4, -0.2) is 16.1 Å². The molecule has 0 bridgehead atoms. The zero-order valence-corrected chi connectivity index (χ0v) is 107. The molecule has 137 heavy (non-hydrogen) atoms. The zero-order valence-electron chi connectivity index (χ0n) is 89.5. The Labute approximate surface area is 925 Å². The standard InChI is InChI=1S/C36H54.C28H42Si.C28H38.C23H32Si.8CH3.8ClH.4Zr/c1-8-9-13-25-14-15-28(22-25)36(20-11-10-12-21-36)33-31-23-26(34(2,3)4)16-18-29(31)30-19-17-27(24-32(30)33)35(5,6)7;1-7-8-17-29(6,22-11-9-10-12-22)27-25-18-20(2)13-15-23(25)24-16-14-21(19-26(24)27)28(3,4)5;1-2-3-11-21-16-17-22(20-21)28(18-9-4-10-19-28)27-25-14-7-5-12-23(25)24-13-6-8-15-26(24)27;1-3-4-17-24(2,18-11-5-6-12-18)23-21-15-9-7-13-19(21)20-14-8-10-16-22(20)23;;;;;;;;;;;;;;;;;;;;/h8,16-19,23-25,28-33H,1,9-15,20-22H2,2-7H3;7,13-16,18-19,22-27H,1,8-12,17H2,2-6H3;2,5-8,12-15,21-27H,1,3-4,9-11,16-20H2;3,7-10,13-16,18-23H,1,4-6,11-12,17H2,2H3;8*1H3;8*1H;;;;/q;;;;8*-1;;;;;;;;;4*+4/p-8. The molecule has 23 atom stereocenters. The van der Waals surface area contributed by atoms with Gasteiger partial charge in [0.15, 0.2) is 0 Å². The normalized spacial score (nSPS) is 33.6. The Kier molecular flexibility index (Phi) is 60.6. The van der Waals surface area contributed by atoms with Crippen LogP contribution >= 0.6 is 68.1 Å². The van der Waals surface area contributed by atoms with E-state index in [1.807, 2.05) is 0 Å². The van der Waals surface area contributed by atoms with Crippen LogP contribution in [0.2, 0.25) is 47.3 Å². The summed E-state index contributed by atoms with van der Waals surface area (Å²) in [4.78, 5) is 0. The molecule has 23 unspecified atom stereocenters. The summed E-state index contributed by atoms with van der Waals surface area (Å²) in [6.45, 7) is 45.7. The number of hydrogen-bond acceptors (Lipinski definition) is 0. The van der Waals surface area contributed by atoms with Gasteiger partial charge in [0.25, 0.3) is 0 Å². The van der Waals surface area contributed by atoms with Gasteiger partial charge in [-0.25, -0.2) is 0 Å². The van der Waals surface area contributed by atoms with Crippen molar-refractivity contribution < 1.29 is 83.4 Å². The number of halogens is 8. The quantitative estimate of drug-likeness (QED) is 0.0647. The van der Waals surface area contributed by atoms with Crippen molar-refractivity contribution in [3.05, 3.63) is 302 Å². The third-order valence-corrected chi connectivity index (χ3v) is 49.2. The van der Waals surface area contributed by atoms with Gasteiger partial charge in [-0.05, 0) is 293 Å². The van der Waals surface area contributed by atoms with E-state index in [2.05, 4.69) is 303 Å². The van der Waals surface area contributed by atoms with E-state index in [0.29, 0.717) is 46.3 Å². The van der Waals surface area contributed by atoms with E-state index in [0.717, 1.165) is 117 Å². The van der Waals surface area contributed by atoms with Crippen LogP contribution in [0.15, 0.2) is 243 Å². The Balaban J connectivity index is 0.000000446. The van der Waals surface area contributed by atoms with Crippen molar-refractivity contribution in [1.29, 1.82) is 0 Å². The Morgan fingerprint density at radius 3 is 0.883 bits per heavy atom. The summed E-state index contributed by atoms with van der Waals surface area (Å²) >= 11 is -3.30. The van der Waals surface area contributed by atoms with E-state index < -0.39 is 99.5 Å². The van der Waals surface area contributed by atoms with E-state index in [1.165, 1.54) is 210 Å². The average molecular weight is 2370 g/mol. The second-order valence-corrected chi connectivity index (χ2v) is 71.3. The molecule has 10 saturated carbocycles.